The van der Waals surface area contributed by atoms with Crippen molar-refractivity contribution in [2.45, 2.75) is 45.2 Å². The first-order valence-electron chi connectivity index (χ1n) is 6.42. The summed E-state index contributed by atoms with van der Waals surface area (Å²) in [6.07, 6.45) is 13.9. The van der Waals surface area contributed by atoms with E-state index in [2.05, 4.69) is 19.1 Å². The minimum atomic E-state index is 1.03. The molecule has 0 unspecified atom stereocenters. The van der Waals surface area contributed by atoms with Gasteiger partial charge in [-0.15, -0.1) is 0 Å². The van der Waals surface area contributed by atoms with Crippen molar-refractivity contribution in [2.75, 3.05) is 0 Å². The van der Waals surface area contributed by atoms with Crippen molar-refractivity contribution in [3.05, 3.63) is 36.4 Å². The zero-order valence-electron chi connectivity index (χ0n) is 10.0. The van der Waals surface area contributed by atoms with Gasteiger partial charge in [-0.3, -0.25) is 0 Å². The summed E-state index contributed by atoms with van der Waals surface area (Å²) in [6.45, 7) is 2.10. The van der Waals surface area contributed by atoms with E-state index in [-0.39, 0.29) is 0 Å². The molecule has 2 aromatic heterocycles. The minimum Gasteiger partial charge on any atom is -0.337 e. The Morgan fingerprint density at radius 1 is 1.12 bits per heavy atom. The zero-order chi connectivity index (χ0) is 11.5. The lowest BCUT2D eigenvalue weighted by Crippen LogP contribution is -2.09. The summed E-state index contributed by atoms with van der Waals surface area (Å²) in [7, 11) is 0. The molecule has 0 aliphatic heterocycles. The summed E-state index contributed by atoms with van der Waals surface area (Å²) in [5.41, 5.74) is 2.81. The van der Waals surface area contributed by atoms with E-state index in [0.29, 0.717) is 0 Å². The molecule has 4 heteroatoms. The molecule has 0 aromatic carbocycles. The fraction of sp³-hybridized carbons (Fsp3) is 0.538. The van der Waals surface area contributed by atoms with Crippen molar-refractivity contribution in [1.82, 2.24) is 19.1 Å². The highest BCUT2D eigenvalue weighted by atomic mass is 15.1. The average molecular weight is 230 g/mol. The van der Waals surface area contributed by atoms with Gasteiger partial charge in [-0.05, 0) is 32.1 Å². The van der Waals surface area contributed by atoms with Gasteiger partial charge in [0.2, 0.25) is 0 Å². The zero-order valence-corrected chi connectivity index (χ0v) is 10.0. The second kappa shape index (κ2) is 4.73. The quantitative estimate of drug-likeness (QED) is 0.806. The third-order valence-corrected chi connectivity index (χ3v) is 3.48. The number of fused-ring (bicyclic) bond motifs is 1. The van der Waals surface area contributed by atoms with E-state index in [1.54, 1.807) is 0 Å². The number of imidazole rings is 2. The van der Waals surface area contributed by atoms with Crippen LogP contribution in [0.2, 0.25) is 0 Å². The molecule has 17 heavy (non-hydrogen) atoms. The van der Waals surface area contributed by atoms with E-state index in [1.807, 2.05) is 25.0 Å². The number of aromatic nitrogens is 4. The summed E-state index contributed by atoms with van der Waals surface area (Å²) in [5, 5.41) is 0. The Morgan fingerprint density at radius 2 is 2.06 bits per heavy atom. The van der Waals surface area contributed by atoms with Crippen molar-refractivity contribution < 1.29 is 0 Å². The maximum absolute atomic E-state index is 4.52. The van der Waals surface area contributed by atoms with Gasteiger partial charge in [0.15, 0.2) is 0 Å². The Hall–Kier alpha value is -1.58. The van der Waals surface area contributed by atoms with Crippen molar-refractivity contribution in [2.24, 2.45) is 0 Å². The molecule has 2 heterocycles. The molecule has 0 spiro atoms. The maximum atomic E-state index is 4.52. The van der Waals surface area contributed by atoms with Gasteiger partial charge in [0.1, 0.15) is 0 Å². The SMILES string of the molecule is c1cn(CCCn2cnc3c2CCCC3)cn1. The van der Waals surface area contributed by atoms with E-state index in [1.165, 1.54) is 37.1 Å². The molecule has 1 aliphatic rings. The van der Waals surface area contributed by atoms with Crippen LogP contribution >= 0.6 is 0 Å². The predicted molar refractivity (Wildman–Crippen MR) is 65.7 cm³/mol. The van der Waals surface area contributed by atoms with Crippen LogP contribution in [-0.4, -0.2) is 19.1 Å². The molecular formula is C13H18N4. The second-order valence-electron chi connectivity index (χ2n) is 4.69. The highest BCUT2D eigenvalue weighted by Gasteiger charge is 2.14. The third kappa shape index (κ3) is 2.25. The Bertz CT molecular complexity index is 470. The van der Waals surface area contributed by atoms with Crippen LogP contribution in [0.4, 0.5) is 0 Å². The largest absolute Gasteiger partial charge is 0.337 e. The lowest BCUT2D eigenvalue weighted by Gasteiger charge is -2.13. The van der Waals surface area contributed by atoms with Crippen molar-refractivity contribution >= 4 is 0 Å². The van der Waals surface area contributed by atoms with E-state index >= 15 is 0 Å². The van der Waals surface area contributed by atoms with Gasteiger partial charge in [0, 0.05) is 31.2 Å². The minimum absolute atomic E-state index is 1.03. The second-order valence-corrected chi connectivity index (χ2v) is 4.69. The van der Waals surface area contributed by atoms with Crippen LogP contribution in [0.15, 0.2) is 25.0 Å². The predicted octanol–water partition coefficient (Wildman–Crippen LogP) is 2.05. The lowest BCUT2D eigenvalue weighted by atomic mass is 10.0. The fourth-order valence-electron chi connectivity index (χ4n) is 2.57. The van der Waals surface area contributed by atoms with E-state index in [4.69, 9.17) is 0 Å². The summed E-state index contributed by atoms with van der Waals surface area (Å²) in [4.78, 5) is 8.57. The van der Waals surface area contributed by atoms with Crippen LogP contribution in [0, 0.1) is 0 Å². The Morgan fingerprint density at radius 3 is 2.94 bits per heavy atom. The van der Waals surface area contributed by atoms with Gasteiger partial charge in [-0.1, -0.05) is 0 Å². The summed E-state index contributed by atoms with van der Waals surface area (Å²) in [6, 6.07) is 0. The Labute approximate surface area is 101 Å². The molecule has 0 atom stereocenters. The van der Waals surface area contributed by atoms with Crippen LogP contribution in [0.3, 0.4) is 0 Å². The number of hydrogen-bond donors (Lipinski definition) is 0. The fourth-order valence-corrected chi connectivity index (χ4v) is 2.57. The number of rotatable bonds is 4. The van der Waals surface area contributed by atoms with Crippen LogP contribution in [0.5, 0.6) is 0 Å². The molecule has 0 amide bonds. The van der Waals surface area contributed by atoms with E-state index in [9.17, 15) is 0 Å². The molecule has 2 aromatic rings. The molecule has 90 valence electrons. The molecule has 0 bridgehead atoms. The van der Waals surface area contributed by atoms with Crippen LogP contribution in [-0.2, 0) is 25.9 Å². The normalized spacial score (nSPS) is 14.8. The van der Waals surface area contributed by atoms with Gasteiger partial charge >= 0.3 is 0 Å². The van der Waals surface area contributed by atoms with Gasteiger partial charge in [0.25, 0.3) is 0 Å². The molecule has 0 fully saturated rings. The topological polar surface area (TPSA) is 35.6 Å². The summed E-state index contributed by atoms with van der Waals surface area (Å²) >= 11 is 0. The molecule has 1 aliphatic carbocycles. The highest BCUT2D eigenvalue weighted by Crippen LogP contribution is 2.19. The first kappa shape index (κ1) is 10.6. The molecule has 0 radical (unpaired) electrons. The summed E-state index contributed by atoms with van der Waals surface area (Å²) < 4.78 is 4.47. The van der Waals surface area contributed by atoms with Crippen molar-refractivity contribution in [1.29, 1.82) is 0 Å². The molecule has 3 rings (SSSR count). The van der Waals surface area contributed by atoms with E-state index in [0.717, 1.165) is 19.5 Å². The van der Waals surface area contributed by atoms with Gasteiger partial charge in [0.05, 0.1) is 18.3 Å². The summed E-state index contributed by atoms with van der Waals surface area (Å²) in [5.74, 6) is 0. The maximum Gasteiger partial charge on any atom is 0.0951 e. The third-order valence-electron chi connectivity index (χ3n) is 3.48. The number of nitrogens with zero attached hydrogens (tertiary/aromatic N) is 4. The number of aryl methyl sites for hydroxylation is 3. The standard InChI is InChI=1S/C13H18N4/c1-2-5-13-12(4-1)15-11-17(13)8-3-7-16-9-6-14-10-16/h6,9-11H,1-5,7-8H2. The first-order chi connectivity index (χ1) is 8.43. The van der Waals surface area contributed by atoms with Gasteiger partial charge in [-0.2, -0.15) is 0 Å². The highest BCUT2D eigenvalue weighted by molar-refractivity contribution is 5.16. The van der Waals surface area contributed by atoms with Gasteiger partial charge < -0.3 is 9.13 Å². The van der Waals surface area contributed by atoms with Crippen LogP contribution in [0.25, 0.3) is 0 Å². The smallest absolute Gasteiger partial charge is 0.0951 e. The Kier molecular flexibility index (Phi) is 2.94. The monoisotopic (exact) mass is 230 g/mol. The Balaban J connectivity index is 1.60. The molecule has 0 N–H and O–H groups in total. The van der Waals surface area contributed by atoms with E-state index < -0.39 is 0 Å². The number of hydrogen-bond acceptors (Lipinski definition) is 2. The molecule has 0 saturated heterocycles. The first-order valence-corrected chi connectivity index (χ1v) is 6.42. The van der Waals surface area contributed by atoms with Gasteiger partial charge in [-0.25, -0.2) is 9.97 Å². The average Bonchev–Trinajstić information content (AvgIpc) is 2.99. The molecular weight excluding hydrogens is 212 g/mol. The molecule has 0 saturated carbocycles. The van der Waals surface area contributed by atoms with Crippen LogP contribution < -0.4 is 0 Å². The van der Waals surface area contributed by atoms with Crippen molar-refractivity contribution in [3.8, 4) is 0 Å². The molecule has 4 nitrogen and oxygen atoms in total. The lowest BCUT2D eigenvalue weighted by molar-refractivity contribution is 0.538. The van der Waals surface area contributed by atoms with Crippen molar-refractivity contribution in [3.63, 3.8) is 0 Å². The van der Waals surface area contributed by atoms with Crippen LogP contribution in [0.1, 0.15) is 30.7 Å².